The Morgan fingerprint density at radius 3 is 1.12 bits per heavy atom. The quantitative estimate of drug-likeness (QED) is 0.171. The third kappa shape index (κ3) is 7.48. The van der Waals surface area contributed by atoms with E-state index in [1.165, 1.54) is 153 Å². The summed E-state index contributed by atoms with van der Waals surface area (Å²) in [6, 6.07) is 101. The molecule has 12 heterocycles. The molecule has 0 aliphatic heterocycles. The molecule has 0 unspecified atom stereocenters. The van der Waals surface area contributed by atoms with Crippen LogP contribution in [0.2, 0.25) is 0 Å². The van der Waals surface area contributed by atoms with Gasteiger partial charge in [-0.15, -0.1) is 34.0 Å². The fourth-order valence-electron chi connectivity index (χ4n) is 16.9. The van der Waals surface area contributed by atoms with Gasteiger partial charge in [-0.25, -0.2) is 29.9 Å². The van der Waals surface area contributed by atoms with Gasteiger partial charge in [-0.05, 0) is 113 Å². The van der Waals surface area contributed by atoms with Crippen molar-refractivity contribution in [2.75, 3.05) is 0 Å². The molecule has 0 radical (unpaired) electrons. The molecule has 26 rings (SSSR count). The Bertz CT molecular complexity index is 8080. The van der Waals surface area contributed by atoms with Crippen LogP contribution in [0, 0.1) is 0 Å². The molecule has 12 heteroatoms. The van der Waals surface area contributed by atoms with E-state index in [1.807, 2.05) is 64.3 Å². The molecule has 0 saturated carbocycles. The first-order valence-corrected chi connectivity index (χ1v) is 36.7. The van der Waals surface area contributed by atoms with E-state index in [1.54, 1.807) is 0 Å². The second kappa shape index (κ2) is 20.4. The van der Waals surface area contributed by atoms with Gasteiger partial charge in [0, 0.05) is 109 Å². The minimum Gasteiger partial charge on any atom is -0.291 e. The van der Waals surface area contributed by atoms with E-state index in [0.29, 0.717) is 0 Å². The highest BCUT2D eigenvalue weighted by Crippen LogP contribution is 2.51. The lowest BCUT2D eigenvalue weighted by Crippen LogP contribution is -1.90. The molecule has 9 nitrogen and oxygen atoms in total. The zero-order valence-electron chi connectivity index (χ0n) is 53.9. The van der Waals surface area contributed by atoms with Crippen molar-refractivity contribution in [2.45, 2.75) is 0 Å². The summed E-state index contributed by atoms with van der Waals surface area (Å²) >= 11 is 5.58. The molecule has 0 atom stereocenters. The van der Waals surface area contributed by atoms with Crippen molar-refractivity contribution in [3.63, 3.8) is 0 Å². The lowest BCUT2D eigenvalue weighted by molar-refractivity contribution is 1.28. The maximum Gasteiger partial charge on any atom is 0.165 e. The van der Waals surface area contributed by atoms with E-state index < -0.39 is 0 Å². The number of nitrogens with zero attached hydrogens (tertiary/aromatic N) is 9. The summed E-state index contributed by atoms with van der Waals surface area (Å²) in [7, 11) is 0. The molecule has 14 aromatic carbocycles. The topological polar surface area (TPSA) is 90.6 Å². The molecule has 0 aliphatic carbocycles. The van der Waals surface area contributed by atoms with Crippen molar-refractivity contribution in [3.8, 4) is 22.3 Å². The molecule has 102 heavy (non-hydrogen) atoms. The molecular weight excluding hydrogens is 1300 g/mol. The fourth-order valence-corrected chi connectivity index (χ4v) is 20.6. The first-order valence-electron chi connectivity index (χ1n) is 34.2. The third-order valence-electron chi connectivity index (χ3n) is 21.3. The van der Waals surface area contributed by atoms with Crippen molar-refractivity contribution < 1.29 is 0 Å². The molecule has 0 amide bonds. The van der Waals surface area contributed by atoms with Crippen LogP contribution in [-0.2, 0) is 0 Å². The second-order valence-corrected chi connectivity index (χ2v) is 29.9. The average Bonchev–Trinajstić information content (AvgIpc) is 1.54. The first kappa shape index (κ1) is 55.1. The number of benzene rings is 14. The van der Waals surface area contributed by atoms with E-state index in [4.69, 9.17) is 29.9 Å². The maximum atomic E-state index is 5.30. The van der Waals surface area contributed by atoms with Gasteiger partial charge in [-0.3, -0.25) is 13.2 Å². The van der Waals surface area contributed by atoms with Crippen LogP contribution in [0.3, 0.4) is 0 Å². The molecular formula is C90H47N9S3. The SMILES string of the molecule is c1ccc(-c2ccc3nc4c(nc3c2)c2c3sc5ccccc5c3cc3c5ccccc5n4c32)cc1.c1ccc(-c2ccc3nc4c(nc3c2)c2cc3sc5ccccc5c3c3c5ccccc5n4c23)cc1.c1ccc2nc3c(nc2c1)c1c2sc4ccccc4c2cc2c4ccccc4n3c21. The van der Waals surface area contributed by atoms with Gasteiger partial charge in [-0.2, -0.15) is 0 Å². The monoisotopic (exact) mass is 1350 g/mol. The molecule has 0 spiro atoms. The van der Waals surface area contributed by atoms with Crippen molar-refractivity contribution in [2.24, 2.45) is 0 Å². The first-order chi connectivity index (χ1) is 50.6. The summed E-state index contributed by atoms with van der Waals surface area (Å²) in [5.41, 5.74) is 23.3. The van der Waals surface area contributed by atoms with Crippen LogP contribution in [0.5, 0.6) is 0 Å². The average molecular weight is 1350 g/mol. The standard InChI is InChI=1S/2C32H17N3S.C26H13N3S/c1-2-8-18(9-3-1)19-14-15-23-24(16-19)33-30-22-17-27-28(21-11-5-7-13-26(21)36-27)29-20-10-4-6-12-25(20)35(31(22)29)32(30)34-23;1-2-8-18(9-3-1)19-14-15-24-25(16-19)33-29-28-30-22(17-23-21-11-5-7-13-27(21)36-31(23)28)20-10-4-6-12-26(20)35(30)32(29)34-24;1-5-11-20-14(7-1)16-13-17-15-8-2-6-12-21(15)30-25(17)22-23-26(29(20)24(16)22)28-19-10-4-3-9-18(19)27-23/h2*1-17H;1-13H. The summed E-state index contributed by atoms with van der Waals surface area (Å²) in [5.74, 6) is 0. The Morgan fingerprint density at radius 2 is 0.588 bits per heavy atom. The number of aromatic nitrogens is 9. The number of fused-ring (bicyclic) bond motifs is 33. The highest BCUT2D eigenvalue weighted by molar-refractivity contribution is 7.27. The highest BCUT2D eigenvalue weighted by atomic mass is 32.1. The summed E-state index contributed by atoms with van der Waals surface area (Å²) in [6.07, 6.45) is 0. The zero-order chi connectivity index (χ0) is 66.2. The third-order valence-corrected chi connectivity index (χ3v) is 24.8. The summed E-state index contributed by atoms with van der Waals surface area (Å²) < 4.78 is 14.8. The van der Waals surface area contributed by atoms with Gasteiger partial charge in [0.25, 0.3) is 0 Å². The van der Waals surface area contributed by atoms with Crippen LogP contribution in [0.1, 0.15) is 0 Å². The molecule has 0 saturated heterocycles. The van der Waals surface area contributed by atoms with Gasteiger partial charge in [0.2, 0.25) is 0 Å². The maximum absolute atomic E-state index is 5.30. The minimum atomic E-state index is 0.916. The van der Waals surface area contributed by atoms with Gasteiger partial charge in [0.1, 0.15) is 16.6 Å². The van der Waals surface area contributed by atoms with Crippen LogP contribution >= 0.6 is 34.0 Å². The molecule has 26 aromatic rings. The van der Waals surface area contributed by atoms with E-state index in [0.717, 1.165) is 77.7 Å². The van der Waals surface area contributed by atoms with Crippen molar-refractivity contribution in [1.29, 1.82) is 0 Å². The zero-order valence-corrected chi connectivity index (χ0v) is 56.3. The summed E-state index contributed by atoms with van der Waals surface area (Å²) in [5, 5.41) is 19.2. The second-order valence-electron chi connectivity index (χ2n) is 26.7. The number of rotatable bonds is 2. The van der Waals surface area contributed by atoms with Crippen molar-refractivity contribution in [3.05, 3.63) is 285 Å². The van der Waals surface area contributed by atoms with E-state index in [2.05, 4.69) is 268 Å². The van der Waals surface area contributed by atoms with Crippen LogP contribution in [-0.4, -0.2) is 43.1 Å². The van der Waals surface area contributed by atoms with Gasteiger partial charge >= 0.3 is 0 Å². The fraction of sp³-hybridized carbons (Fsp3) is 0. The molecule has 0 bridgehead atoms. The number of hydrogen-bond donors (Lipinski definition) is 0. The lowest BCUT2D eigenvalue weighted by atomic mass is 10.0. The minimum absolute atomic E-state index is 0.916. The van der Waals surface area contributed by atoms with E-state index in [-0.39, 0.29) is 0 Å². The van der Waals surface area contributed by atoms with Gasteiger partial charge in [0.05, 0.1) is 66.2 Å². The Balaban J connectivity index is 0.0000000924. The Kier molecular flexibility index (Phi) is 11.0. The van der Waals surface area contributed by atoms with Gasteiger partial charge in [-0.1, -0.05) is 194 Å². The van der Waals surface area contributed by atoms with Crippen LogP contribution in [0.25, 0.3) is 231 Å². The highest BCUT2D eigenvalue weighted by Gasteiger charge is 2.28. The molecule has 0 fully saturated rings. The Hall–Kier alpha value is -12.8. The Morgan fingerprint density at radius 1 is 0.206 bits per heavy atom. The molecule has 12 aromatic heterocycles. The van der Waals surface area contributed by atoms with Crippen LogP contribution in [0.4, 0.5) is 0 Å². The van der Waals surface area contributed by atoms with Crippen molar-refractivity contribution >= 4 is 243 Å². The van der Waals surface area contributed by atoms with E-state index >= 15 is 0 Å². The molecule has 0 aliphatic rings. The van der Waals surface area contributed by atoms with Crippen molar-refractivity contribution in [1.82, 2.24) is 43.1 Å². The largest absolute Gasteiger partial charge is 0.291 e. The number of thiophene rings is 3. The smallest absolute Gasteiger partial charge is 0.165 e. The van der Waals surface area contributed by atoms with Crippen LogP contribution < -0.4 is 0 Å². The normalized spacial score (nSPS) is 12.5. The number of para-hydroxylation sites is 5. The number of hydrogen-bond acceptors (Lipinski definition) is 9. The van der Waals surface area contributed by atoms with Gasteiger partial charge < -0.3 is 0 Å². The molecule has 0 N–H and O–H groups in total. The Labute approximate surface area is 588 Å². The summed E-state index contributed by atoms with van der Waals surface area (Å²) in [4.78, 5) is 31.2. The predicted octanol–water partition coefficient (Wildman–Crippen LogP) is 24.8. The lowest BCUT2D eigenvalue weighted by Gasteiger charge is -2.04. The predicted molar refractivity (Wildman–Crippen MR) is 432 cm³/mol. The molecule has 470 valence electrons. The van der Waals surface area contributed by atoms with Gasteiger partial charge in [0.15, 0.2) is 16.9 Å². The van der Waals surface area contributed by atoms with E-state index in [9.17, 15) is 0 Å². The van der Waals surface area contributed by atoms with Crippen LogP contribution in [0.15, 0.2) is 285 Å². The summed E-state index contributed by atoms with van der Waals surface area (Å²) in [6.45, 7) is 0.